The summed E-state index contributed by atoms with van der Waals surface area (Å²) in [7, 11) is 0. The summed E-state index contributed by atoms with van der Waals surface area (Å²) in [6.45, 7) is 9.24. The fourth-order valence-corrected chi connectivity index (χ4v) is 3.82. The Morgan fingerprint density at radius 1 is 1.43 bits per heavy atom. The molecule has 0 radical (unpaired) electrons. The number of fused-ring (bicyclic) bond motifs is 1. The molecule has 2 atom stereocenters. The summed E-state index contributed by atoms with van der Waals surface area (Å²) in [5, 5.41) is 7.34. The van der Waals surface area contributed by atoms with E-state index in [1.807, 2.05) is 18.7 Å². The highest BCUT2D eigenvalue weighted by molar-refractivity contribution is 5.95. The van der Waals surface area contributed by atoms with Crippen LogP contribution in [-0.2, 0) is 11.2 Å². The first-order chi connectivity index (χ1) is 10.0. The standard InChI is InChI=1S/C16H25N3O2/c1-5-16(6-2)7-8-19(16)15(20)14-12-9-10(3)21-11(4)13(12)17-18-14/h10-11H,5-9H2,1-4H3,(H,17,18)/t10-,11+/m0/s1. The SMILES string of the molecule is CCC1(CC)CCN1C(=O)c1n[nH]c2c1C[C@H](C)O[C@@H]2C. The third-order valence-electron chi connectivity index (χ3n) is 5.37. The molecule has 1 aromatic heterocycles. The van der Waals surface area contributed by atoms with E-state index < -0.39 is 0 Å². The minimum atomic E-state index is -0.0173. The first-order valence-electron chi connectivity index (χ1n) is 8.07. The quantitative estimate of drug-likeness (QED) is 0.931. The van der Waals surface area contributed by atoms with E-state index in [9.17, 15) is 4.79 Å². The lowest BCUT2D eigenvalue weighted by Gasteiger charge is -2.52. The van der Waals surface area contributed by atoms with E-state index in [0.29, 0.717) is 5.69 Å². The van der Waals surface area contributed by atoms with Crippen molar-refractivity contribution < 1.29 is 9.53 Å². The van der Waals surface area contributed by atoms with Crippen LogP contribution in [-0.4, -0.2) is 39.2 Å². The maximum atomic E-state index is 12.9. The summed E-state index contributed by atoms with van der Waals surface area (Å²) >= 11 is 0. The minimum Gasteiger partial charge on any atom is -0.369 e. The first kappa shape index (κ1) is 14.6. The van der Waals surface area contributed by atoms with Crippen LogP contribution in [0.4, 0.5) is 0 Å². The Kier molecular flexibility index (Phi) is 3.56. The molecule has 1 fully saturated rings. The summed E-state index contributed by atoms with van der Waals surface area (Å²) < 4.78 is 5.79. The molecule has 116 valence electrons. The van der Waals surface area contributed by atoms with Gasteiger partial charge in [-0.05, 0) is 33.1 Å². The van der Waals surface area contributed by atoms with Crippen LogP contribution < -0.4 is 0 Å². The molecule has 0 unspecified atom stereocenters. The Hall–Kier alpha value is -1.36. The topological polar surface area (TPSA) is 58.2 Å². The summed E-state index contributed by atoms with van der Waals surface area (Å²) in [4.78, 5) is 14.9. The second-order valence-electron chi connectivity index (χ2n) is 6.40. The van der Waals surface area contributed by atoms with Crippen molar-refractivity contribution in [3.05, 3.63) is 17.0 Å². The molecule has 2 aliphatic rings. The number of aromatic amines is 1. The van der Waals surface area contributed by atoms with Gasteiger partial charge in [-0.3, -0.25) is 9.89 Å². The van der Waals surface area contributed by atoms with Gasteiger partial charge in [0.1, 0.15) is 0 Å². The molecule has 1 saturated heterocycles. The highest BCUT2D eigenvalue weighted by Gasteiger charge is 2.46. The number of hydrogen-bond acceptors (Lipinski definition) is 3. The number of amides is 1. The maximum Gasteiger partial charge on any atom is 0.275 e. The van der Waals surface area contributed by atoms with Gasteiger partial charge in [-0.1, -0.05) is 13.8 Å². The average Bonchev–Trinajstić information content (AvgIpc) is 2.83. The molecular formula is C16H25N3O2. The second-order valence-corrected chi connectivity index (χ2v) is 6.40. The molecule has 5 heteroatoms. The zero-order valence-electron chi connectivity index (χ0n) is 13.4. The van der Waals surface area contributed by atoms with Crippen LogP contribution in [0.25, 0.3) is 0 Å². The molecule has 0 bridgehead atoms. The molecular weight excluding hydrogens is 266 g/mol. The van der Waals surface area contributed by atoms with Crippen LogP contribution in [0.2, 0.25) is 0 Å². The number of ether oxygens (including phenoxy) is 1. The third kappa shape index (κ3) is 2.09. The fourth-order valence-electron chi connectivity index (χ4n) is 3.82. The van der Waals surface area contributed by atoms with Crippen LogP contribution in [0.1, 0.15) is 74.8 Å². The van der Waals surface area contributed by atoms with E-state index in [1.165, 1.54) is 0 Å². The lowest BCUT2D eigenvalue weighted by molar-refractivity contribution is -0.0106. The van der Waals surface area contributed by atoms with Crippen LogP contribution >= 0.6 is 0 Å². The highest BCUT2D eigenvalue weighted by Crippen LogP contribution is 2.39. The minimum absolute atomic E-state index is 0.0173. The molecule has 0 aliphatic carbocycles. The molecule has 2 aliphatic heterocycles. The Morgan fingerprint density at radius 2 is 2.14 bits per heavy atom. The zero-order valence-corrected chi connectivity index (χ0v) is 13.4. The van der Waals surface area contributed by atoms with Gasteiger partial charge in [-0.25, -0.2) is 0 Å². The largest absolute Gasteiger partial charge is 0.369 e. The number of likely N-dealkylation sites (tertiary alicyclic amines) is 1. The predicted octanol–water partition coefficient (Wildman–Crippen LogP) is 2.84. The number of hydrogen-bond donors (Lipinski definition) is 1. The van der Waals surface area contributed by atoms with E-state index in [0.717, 1.165) is 43.5 Å². The van der Waals surface area contributed by atoms with E-state index >= 15 is 0 Å². The number of aromatic nitrogens is 2. The van der Waals surface area contributed by atoms with Crippen LogP contribution in [0, 0.1) is 0 Å². The number of nitrogens with one attached hydrogen (secondary N) is 1. The van der Waals surface area contributed by atoms with E-state index in [2.05, 4.69) is 24.0 Å². The summed E-state index contributed by atoms with van der Waals surface area (Å²) in [6, 6.07) is 0. The number of nitrogens with zero attached hydrogens (tertiary/aromatic N) is 2. The fraction of sp³-hybridized carbons (Fsp3) is 0.750. The zero-order chi connectivity index (χ0) is 15.2. The van der Waals surface area contributed by atoms with Crippen molar-refractivity contribution in [2.24, 2.45) is 0 Å². The molecule has 1 amide bonds. The molecule has 5 nitrogen and oxygen atoms in total. The number of carbonyl (C=O) groups excluding carboxylic acids is 1. The monoisotopic (exact) mass is 291 g/mol. The van der Waals surface area contributed by atoms with Gasteiger partial charge in [-0.2, -0.15) is 5.10 Å². The number of H-pyrrole nitrogens is 1. The van der Waals surface area contributed by atoms with Crippen molar-refractivity contribution in [1.29, 1.82) is 0 Å². The summed E-state index contributed by atoms with van der Waals surface area (Å²) in [5.74, 6) is 0.0868. The number of rotatable bonds is 3. The smallest absolute Gasteiger partial charge is 0.275 e. The van der Waals surface area contributed by atoms with Gasteiger partial charge in [0.15, 0.2) is 5.69 Å². The Balaban J connectivity index is 1.90. The van der Waals surface area contributed by atoms with Gasteiger partial charge in [0.05, 0.1) is 17.9 Å². The van der Waals surface area contributed by atoms with Crippen molar-refractivity contribution in [2.75, 3.05) is 6.54 Å². The predicted molar refractivity (Wildman–Crippen MR) is 80.2 cm³/mol. The van der Waals surface area contributed by atoms with E-state index in [1.54, 1.807) is 0 Å². The molecule has 0 saturated carbocycles. The summed E-state index contributed by atoms with van der Waals surface area (Å²) in [5.41, 5.74) is 2.68. The van der Waals surface area contributed by atoms with Gasteiger partial charge >= 0.3 is 0 Å². The first-order valence-corrected chi connectivity index (χ1v) is 8.07. The molecule has 21 heavy (non-hydrogen) atoms. The lowest BCUT2D eigenvalue weighted by Crippen LogP contribution is -2.61. The van der Waals surface area contributed by atoms with Gasteiger partial charge in [0.2, 0.25) is 0 Å². The van der Waals surface area contributed by atoms with Crippen LogP contribution in [0.5, 0.6) is 0 Å². The molecule has 3 rings (SSSR count). The van der Waals surface area contributed by atoms with Crippen LogP contribution in [0.15, 0.2) is 0 Å². The van der Waals surface area contributed by atoms with Crippen molar-refractivity contribution in [3.63, 3.8) is 0 Å². The van der Waals surface area contributed by atoms with Crippen molar-refractivity contribution in [3.8, 4) is 0 Å². The van der Waals surface area contributed by atoms with Crippen molar-refractivity contribution in [2.45, 2.75) is 71.1 Å². The maximum absolute atomic E-state index is 12.9. The highest BCUT2D eigenvalue weighted by atomic mass is 16.5. The van der Waals surface area contributed by atoms with Gasteiger partial charge in [0, 0.05) is 24.1 Å². The van der Waals surface area contributed by atoms with Gasteiger partial charge in [0.25, 0.3) is 5.91 Å². The van der Waals surface area contributed by atoms with E-state index in [-0.39, 0.29) is 23.7 Å². The summed E-state index contributed by atoms with van der Waals surface area (Å²) in [6.07, 6.45) is 4.01. The Labute approximate surface area is 126 Å². The normalized spacial score (nSPS) is 27.1. The third-order valence-corrected chi connectivity index (χ3v) is 5.37. The number of carbonyl (C=O) groups is 1. The molecule has 1 N–H and O–H groups in total. The molecule has 0 spiro atoms. The molecule has 0 aromatic carbocycles. The average molecular weight is 291 g/mol. The van der Waals surface area contributed by atoms with Crippen molar-refractivity contribution >= 4 is 5.91 Å². The van der Waals surface area contributed by atoms with E-state index in [4.69, 9.17) is 4.74 Å². The molecule has 3 heterocycles. The van der Waals surface area contributed by atoms with Gasteiger partial charge < -0.3 is 9.64 Å². The Bertz CT molecular complexity index is 542. The Morgan fingerprint density at radius 3 is 2.71 bits per heavy atom. The van der Waals surface area contributed by atoms with Crippen LogP contribution in [0.3, 0.4) is 0 Å². The lowest BCUT2D eigenvalue weighted by atomic mass is 9.79. The van der Waals surface area contributed by atoms with Gasteiger partial charge in [-0.15, -0.1) is 0 Å². The second kappa shape index (κ2) is 5.13. The molecule has 1 aromatic rings. The van der Waals surface area contributed by atoms with Crippen molar-refractivity contribution in [1.82, 2.24) is 15.1 Å².